The summed E-state index contributed by atoms with van der Waals surface area (Å²) in [5.41, 5.74) is 5.82. The summed E-state index contributed by atoms with van der Waals surface area (Å²) in [4.78, 5) is 14.0. The number of allylic oxidation sites excluding steroid dienone is 1. The lowest BCUT2D eigenvalue weighted by Gasteiger charge is -2.42. The zero-order valence-corrected chi connectivity index (χ0v) is 20.5. The Bertz CT molecular complexity index is 1030. The first kappa shape index (κ1) is 25.5. The maximum absolute atomic E-state index is 13.3. The number of carbonyl (C=O) groups is 1. The van der Waals surface area contributed by atoms with Crippen molar-refractivity contribution in [2.75, 3.05) is 37.2 Å². The second kappa shape index (κ2) is 9.00. The summed E-state index contributed by atoms with van der Waals surface area (Å²) in [6.45, 7) is 11.7. The van der Waals surface area contributed by atoms with Gasteiger partial charge < -0.3 is 15.4 Å². The van der Waals surface area contributed by atoms with Crippen LogP contribution in [0.1, 0.15) is 39.2 Å². The summed E-state index contributed by atoms with van der Waals surface area (Å²) < 4.78 is 34.1. The molecule has 32 heavy (non-hydrogen) atoms. The molecule has 0 spiro atoms. The number of amides is 1. The van der Waals surface area contributed by atoms with Crippen molar-refractivity contribution in [3.8, 4) is 6.07 Å². The number of benzene rings is 1. The van der Waals surface area contributed by atoms with E-state index in [9.17, 15) is 18.5 Å². The number of ether oxygens (including phenoxy) is 1. The average molecular weight is 464 g/mol. The summed E-state index contributed by atoms with van der Waals surface area (Å²) in [7, 11) is -1.23. The van der Waals surface area contributed by atoms with Gasteiger partial charge in [0.1, 0.15) is 11.0 Å². The Hall–Kier alpha value is -2.77. The maximum Gasteiger partial charge on any atom is 0.410 e. The Kier molecular flexibility index (Phi) is 7.17. The molecule has 0 radical (unpaired) electrons. The molecule has 1 aliphatic rings. The van der Waals surface area contributed by atoms with Gasteiger partial charge in [-0.2, -0.15) is 18.0 Å². The van der Waals surface area contributed by atoms with Gasteiger partial charge in [0.2, 0.25) is 0 Å². The molecule has 1 fully saturated rings. The lowest BCUT2D eigenvalue weighted by atomic mass is 9.77. The van der Waals surface area contributed by atoms with E-state index in [0.717, 1.165) is 14.2 Å². The molecule has 10 heteroatoms. The van der Waals surface area contributed by atoms with Gasteiger partial charge >= 0.3 is 16.3 Å². The predicted octanol–water partition coefficient (Wildman–Crippen LogP) is 3.24. The van der Waals surface area contributed by atoms with Crippen LogP contribution in [-0.2, 0) is 14.9 Å². The quantitative estimate of drug-likeness (QED) is 0.669. The first-order chi connectivity index (χ1) is 14.6. The van der Waals surface area contributed by atoms with Gasteiger partial charge in [0.05, 0.1) is 17.4 Å². The van der Waals surface area contributed by atoms with Crippen molar-refractivity contribution in [3.05, 3.63) is 36.0 Å². The van der Waals surface area contributed by atoms with Gasteiger partial charge in [-0.15, -0.1) is 0 Å². The summed E-state index contributed by atoms with van der Waals surface area (Å²) in [6.07, 6.45) is -0.0326. The number of nitrogens with two attached hydrogens (primary N) is 1. The molecule has 0 saturated carbocycles. The van der Waals surface area contributed by atoms with Gasteiger partial charge in [-0.05, 0) is 58.2 Å². The van der Waals surface area contributed by atoms with Crippen LogP contribution in [0.25, 0.3) is 0 Å². The fraction of sp³-hybridized carbons (Fsp3) is 0.545. The standard InChI is InChI=1S/C22H33N5O4S/c1-16-8-9-19(18(24)14-16)27(32(29,30)25(6)7)17(2)22(15-23)10-12-26(13-11-22)20(28)31-21(3,4)5/h8-9,14H,2,10-13,24H2,1,3-7H3. The molecule has 2 rings (SSSR count). The molecule has 0 aliphatic carbocycles. The monoisotopic (exact) mass is 463 g/mol. The largest absolute Gasteiger partial charge is 0.444 e. The number of nitrogens with zero attached hydrogens (tertiary/aromatic N) is 4. The van der Waals surface area contributed by atoms with Crippen molar-refractivity contribution in [2.24, 2.45) is 5.41 Å². The van der Waals surface area contributed by atoms with Crippen LogP contribution in [0.4, 0.5) is 16.2 Å². The molecule has 0 unspecified atom stereocenters. The molecule has 1 heterocycles. The highest BCUT2D eigenvalue weighted by molar-refractivity contribution is 7.90. The van der Waals surface area contributed by atoms with E-state index in [4.69, 9.17) is 10.5 Å². The number of nitrogen functional groups attached to an aromatic ring is 1. The van der Waals surface area contributed by atoms with Gasteiger partial charge in [-0.3, -0.25) is 0 Å². The molecule has 1 aromatic rings. The van der Waals surface area contributed by atoms with E-state index in [-0.39, 0.29) is 43.0 Å². The first-order valence-electron chi connectivity index (χ1n) is 10.3. The molecule has 1 aliphatic heterocycles. The zero-order valence-electron chi connectivity index (χ0n) is 19.7. The van der Waals surface area contributed by atoms with Crippen LogP contribution in [0, 0.1) is 23.7 Å². The average Bonchev–Trinajstić information content (AvgIpc) is 2.68. The molecule has 176 valence electrons. The lowest BCUT2D eigenvalue weighted by Crippen LogP contribution is -2.49. The van der Waals surface area contributed by atoms with Crippen molar-refractivity contribution in [1.82, 2.24) is 9.21 Å². The fourth-order valence-electron chi connectivity index (χ4n) is 3.49. The number of carbonyl (C=O) groups excluding carboxylic acids is 1. The predicted molar refractivity (Wildman–Crippen MR) is 125 cm³/mol. The van der Waals surface area contributed by atoms with Crippen LogP contribution in [0.2, 0.25) is 0 Å². The second-order valence-corrected chi connectivity index (χ2v) is 11.2. The van der Waals surface area contributed by atoms with Crippen molar-refractivity contribution >= 4 is 27.7 Å². The van der Waals surface area contributed by atoms with E-state index < -0.39 is 27.3 Å². The molecule has 0 atom stereocenters. The maximum atomic E-state index is 13.3. The molecule has 1 saturated heterocycles. The highest BCUT2D eigenvalue weighted by atomic mass is 32.2. The fourth-order valence-corrected chi connectivity index (χ4v) is 4.68. The number of hydrogen-bond acceptors (Lipinski definition) is 6. The summed E-state index contributed by atoms with van der Waals surface area (Å²) in [5.74, 6) is 0. The Labute approximate surface area is 191 Å². The number of piperidine rings is 1. The van der Waals surface area contributed by atoms with E-state index >= 15 is 0 Å². The minimum absolute atomic E-state index is 0.105. The highest BCUT2D eigenvalue weighted by Crippen LogP contribution is 2.43. The smallest absolute Gasteiger partial charge is 0.410 e. The molecule has 1 amide bonds. The summed E-state index contributed by atoms with van der Waals surface area (Å²) in [6, 6.07) is 7.31. The topological polar surface area (TPSA) is 120 Å². The van der Waals surface area contributed by atoms with Crippen LogP contribution >= 0.6 is 0 Å². The van der Waals surface area contributed by atoms with Crippen LogP contribution in [0.5, 0.6) is 0 Å². The first-order valence-corrected chi connectivity index (χ1v) is 11.7. The molecule has 1 aromatic carbocycles. The van der Waals surface area contributed by atoms with Gasteiger partial charge in [0, 0.05) is 32.9 Å². The molecule has 0 aromatic heterocycles. The van der Waals surface area contributed by atoms with Crippen LogP contribution < -0.4 is 10.0 Å². The summed E-state index contributed by atoms with van der Waals surface area (Å²) >= 11 is 0. The molecular formula is C22H33N5O4S. The van der Waals surface area contributed by atoms with Crippen LogP contribution in [0.3, 0.4) is 0 Å². The van der Waals surface area contributed by atoms with Gasteiger partial charge in [0.15, 0.2) is 0 Å². The van der Waals surface area contributed by atoms with E-state index in [0.29, 0.717) is 0 Å². The Morgan fingerprint density at radius 2 is 1.84 bits per heavy atom. The van der Waals surface area contributed by atoms with E-state index in [1.54, 1.807) is 39.0 Å². The third kappa shape index (κ3) is 5.16. The van der Waals surface area contributed by atoms with E-state index in [1.807, 2.05) is 6.92 Å². The van der Waals surface area contributed by atoms with Gasteiger partial charge in [0.25, 0.3) is 0 Å². The molecular weight excluding hydrogens is 430 g/mol. The normalized spacial score (nSPS) is 16.4. The van der Waals surface area contributed by atoms with Crippen molar-refractivity contribution in [1.29, 1.82) is 5.26 Å². The van der Waals surface area contributed by atoms with Crippen molar-refractivity contribution in [2.45, 2.75) is 46.1 Å². The number of likely N-dealkylation sites (tertiary alicyclic amines) is 1. The Morgan fingerprint density at radius 3 is 2.28 bits per heavy atom. The third-order valence-electron chi connectivity index (χ3n) is 5.37. The van der Waals surface area contributed by atoms with Gasteiger partial charge in [-0.1, -0.05) is 12.6 Å². The summed E-state index contributed by atoms with van der Waals surface area (Å²) in [5, 5.41) is 10.1. The van der Waals surface area contributed by atoms with Gasteiger partial charge in [-0.25, -0.2) is 9.10 Å². The number of hydrogen-bond donors (Lipinski definition) is 1. The van der Waals surface area contributed by atoms with Crippen molar-refractivity contribution in [3.63, 3.8) is 0 Å². The highest BCUT2D eigenvalue weighted by Gasteiger charge is 2.45. The SMILES string of the molecule is C=C(N(c1ccc(C)cc1N)S(=O)(=O)N(C)C)C1(C#N)CCN(C(=O)OC(C)(C)C)CC1. The van der Waals surface area contributed by atoms with E-state index in [1.165, 1.54) is 19.0 Å². The molecule has 2 N–H and O–H groups in total. The van der Waals surface area contributed by atoms with E-state index in [2.05, 4.69) is 12.6 Å². The lowest BCUT2D eigenvalue weighted by molar-refractivity contribution is 0.0167. The number of rotatable bonds is 5. The number of anilines is 2. The second-order valence-electron chi connectivity index (χ2n) is 9.22. The Balaban J connectivity index is 2.42. The number of aryl methyl sites for hydroxylation is 1. The van der Waals surface area contributed by atoms with Crippen molar-refractivity contribution < 1.29 is 17.9 Å². The zero-order chi connectivity index (χ0) is 24.5. The Morgan fingerprint density at radius 1 is 1.28 bits per heavy atom. The molecule has 9 nitrogen and oxygen atoms in total. The third-order valence-corrected chi connectivity index (χ3v) is 7.18. The molecule has 0 bridgehead atoms. The van der Waals surface area contributed by atoms with Crippen LogP contribution in [-0.4, -0.2) is 56.5 Å². The minimum atomic E-state index is -4.05. The minimum Gasteiger partial charge on any atom is -0.444 e. The van der Waals surface area contributed by atoms with Crippen LogP contribution in [0.15, 0.2) is 30.5 Å². The number of nitriles is 1.